The molecular weight excluding hydrogens is 204 g/mol. The summed E-state index contributed by atoms with van der Waals surface area (Å²) in [7, 11) is 0. The fraction of sp³-hybridized carbons (Fsp3) is 0.500. The highest BCUT2D eigenvalue weighted by atomic mass is 16.3. The van der Waals surface area contributed by atoms with Gasteiger partial charge < -0.3 is 10.0 Å². The molecule has 3 rings (SSSR count). The summed E-state index contributed by atoms with van der Waals surface area (Å²) in [6, 6.07) is 3.79. The van der Waals surface area contributed by atoms with Gasteiger partial charge in [-0.2, -0.15) is 0 Å². The van der Waals surface area contributed by atoms with Gasteiger partial charge in [-0.25, -0.2) is 0 Å². The average Bonchev–Trinajstić information content (AvgIpc) is 2.88. The van der Waals surface area contributed by atoms with Crippen LogP contribution in [0.3, 0.4) is 0 Å². The molecule has 0 unspecified atom stereocenters. The zero-order valence-corrected chi connectivity index (χ0v) is 8.91. The number of piperidine rings is 1. The van der Waals surface area contributed by atoms with Crippen LogP contribution in [0, 0.1) is 5.92 Å². The van der Waals surface area contributed by atoms with Crippen LogP contribution in [0.15, 0.2) is 24.5 Å². The van der Waals surface area contributed by atoms with E-state index in [4.69, 9.17) is 0 Å². The molecule has 4 nitrogen and oxygen atoms in total. The van der Waals surface area contributed by atoms with Gasteiger partial charge in [-0.05, 0) is 25.0 Å². The second-order valence-electron chi connectivity index (χ2n) is 4.65. The van der Waals surface area contributed by atoms with Crippen LogP contribution < -0.4 is 0 Å². The molecule has 2 bridgehead atoms. The van der Waals surface area contributed by atoms with Crippen LogP contribution in [0.1, 0.15) is 23.2 Å². The molecule has 1 aliphatic carbocycles. The number of carbonyl (C=O) groups is 1. The Morgan fingerprint density at radius 1 is 1.50 bits per heavy atom. The number of likely N-dealkylation sites (tertiary alicyclic amines) is 1. The third-order valence-electron chi connectivity index (χ3n) is 3.67. The fourth-order valence-corrected chi connectivity index (χ4v) is 2.83. The van der Waals surface area contributed by atoms with Crippen molar-refractivity contribution >= 4 is 5.91 Å². The van der Waals surface area contributed by atoms with Crippen LogP contribution in [0.4, 0.5) is 0 Å². The Bertz CT molecular complexity index is 405. The number of nitrogens with zero attached hydrogens (tertiary/aromatic N) is 2. The summed E-state index contributed by atoms with van der Waals surface area (Å²) >= 11 is 0. The Morgan fingerprint density at radius 3 is 2.94 bits per heavy atom. The largest absolute Gasteiger partial charge is 0.393 e. The zero-order chi connectivity index (χ0) is 11.1. The zero-order valence-electron chi connectivity index (χ0n) is 8.91. The van der Waals surface area contributed by atoms with E-state index in [1.165, 1.54) is 0 Å². The van der Waals surface area contributed by atoms with E-state index in [1.54, 1.807) is 24.5 Å². The van der Waals surface area contributed by atoms with Gasteiger partial charge in [0.25, 0.3) is 5.91 Å². The van der Waals surface area contributed by atoms with Crippen LogP contribution in [0.2, 0.25) is 0 Å². The van der Waals surface area contributed by atoms with E-state index in [1.807, 2.05) is 4.90 Å². The number of pyridine rings is 1. The molecule has 2 fully saturated rings. The van der Waals surface area contributed by atoms with Gasteiger partial charge in [0.2, 0.25) is 0 Å². The van der Waals surface area contributed by atoms with Gasteiger partial charge in [-0.3, -0.25) is 9.78 Å². The highest BCUT2D eigenvalue weighted by Crippen LogP contribution is 2.38. The quantitative estimate of drug-likeness (QED) is 0.754. The molecule has 0 spiro atoms. The molecule has 1 aromatic rings. The minimum atomic E-state index is -0.206. The Hall–Kier alpha value is -1.42. The van der Waals surface area contributed by atoms with E-state index >= 15 is 0 Å². The Kier molecular flexibility index (Phi) is 2.17. The van der Waals surface area contributed by atoms with E-state index in [0.717, 1.165) is 12.8 Å². The summed E-state index contributed by atoms with van der Waals surface area (Å²) in [4.78, 5) is 18.0. The van der Waals surface area contributed by atoms with Crippen molar-refractivity contribution in [1.82, 2.24) is 9.88 Å². The van der Waals surface area contributed by atoms with Crippen LogP contribution in [-0.4, -0.2) is 39.6 Å². The minimum Gasteiger partial charge on any atom is -0.393 e. The number of hydrogen-bond donors (Lipinski definition) is 1. The van der Waals surface area contributed by atoms with Crippen LogP contribution >= 0.6 is 0 Å². The molecule has 1 saturated carbocycles. The van der Waals surface area contributed by atoms with Crippen molar-refractivity contribution in [3.05, 3.63) is 30.1 Å². The fourth-order valence-electron chi connectivity index (χ4n) is 2.83. The average molecular weight is 218 g/mol. The van der Waals surface area contributed by atoms with Gasteiger partial charge >= 0.3 is 0 Å². The summed E-state index contributed by atoms with van der Waals surface area (Å²) in [5.74, 6) is 0.332. The molecule has 84 valence electrons. The summed E-state index contributed by atoms with van der Waals surface area (Å²) in [6.45, 7) is 0.694. The normalized spacial score (nSPS) is 32.1. The van der Waals surface area contributed by atoms with Crippen molar-refractivity contribution < 1.29 is 9.90 Å². The second kappa shape index (κ2) is 3.56. The number of hydrogen-bond acceptors (Lipinski definition) is 3. The molecular formula is C12H14N2O2. The number of fused-ring (bicyclic) bond motifs is 2. The van der Waals surface area contributed by atoms with E-state index in [0.29, 0.717) is 12.1 Å². The summed E-state index contributed by atoms with van der Waals surface area (Å²) < 4.78 is 0. The number of carbonyl (C=O) groups excluding carboxylic acids is 1. The maximum Gasteiger partial charge on any atom is 0.255 e. The molecule has 1 amide bonds. The molecule has 16 heavy (non-hydrogen) atoms. The first-order valence-electron chi connectivity index (χ1n) is 5.65. The van der Waals surface area contributed by atoms with Gasteiger partial charge in [-0.15, -0.1) is 0 Å². The Balaban J connectivity index is 1.79. The monoisotopic (exact) mass is 218 g/mol. The van der Waals surface area contributed by atoms with Crippen molar-refractivity contribution in [3.8, 4) is 0 Å². The molecule has 4 heteroatoms. The first kappa shape index (κ1) is 9.78. The standard InChI is InChI=1S/C12H14N2O2/c15-11-5-10-4-9(11)7-14(10)12(16)8-2-1-3-13-6-8/h1-3,6,9-11,15H,4-5,7H2/t9-,10-,11+/m0/s1. The number of amides is 1. The summed E-state index contributed by atoms with van der Waals surface area (Å²) in [5.41, 5.74) is 0.643. The van der Waals surface area contributed by atoms with E-state index in [2.05, 4.69) is 4.98 Å². The number of aromatic nitrogens is 1. The predicted octanol–water partition coefficient (Wildman–Crippen LogP) is 0.677. The molecule has 1 saturated heterocycles. The van der Waals surface area contributed by atoms with Crippen LogP contribution in [0.25, 0.3) is 0 Å². The number of rotatable bonds is 1. The molecule has 0 aromatic carbocycles. The van der Waals surface area contributed by atoms with E-state index in [9.17, 15) is 9.90 Å². The van der Waals surface area contributed by atoms with E-state index in [-0.39, 0.29) is 24.0 Å². The second-order valence-corrected chi connectivity index (χ2v) is 4.65. The van der Waals surface area contributed by atoms with Crippen molar-refractivity contribution in [2.24, 2.45) is 5.92 Å². The van der Waals surface area contributed by atoms with Crippen molar-refractivity contribution in [1.29, 1.82) is 0 Å². The topological polar surface area (TPSA) is 53.4 Å². The first-order valence-corrected chi connectivity index (χ1v) is 5.65. The molecule has 2 heterocycles. The number of aliphatic hydroxyl groups is 1. The molecule has 0 radical (unpaired) electrons. The molecule has 1 aliphatic heterocycles. The highest BCUT2D eigenvalue weighted by molar-refractivity contribution is 5.94. The lowest BCUT2D eigenvalue weighted by atomic mass is 10.1. The Morgan fingerprint density at radius 2 is 2.38 bits per heavy atom. The van der Waals surface area contributed by atoms with Crippen molar-refractivity contribution in [2.45, 2.75) is 25.0 Å². The lowest BCUT2D eigenvalue weighted by Gasteiger charge is -2.29. The summed E-state index contributed by atoms with van der Waals surface area (Å²) in [5, 5.41) is 9.64. The summed E-state index contributed by atoms with van der Waals surface area (Å²) in [6.07, 6.45) is 4.74. The highest BCUT2D eigenvalue weighted by Gasteiger charge is 2.45. The van der Waals surface area contributed by atoms with Crippen LogP contribution in [-0.2, 0) is 0 Å². The molecule has 3 atom stereocenters. The Labute approximate surface area is 93.9 Å². The maximum atomic E-state index is 12.1. The molecule has 2 aliphatic rings. The maximum absolute atomic E-state index is 12.1. The van der Waals surface area contributed by atoms with Gasteiger partial charge in [0, 0.05) is 30.9 Å². The van der Waals surface area contributed by atoms with Crippen molar-refractivity contribution in [2.75, 3.05) is 6.54 Å². The van der Waals surface area contributed by atoms with E-state index < -0.39 is 0 Å². The molecule has 1 N–H and O–H groups in total. The first-order chi connectivity index (χ1) is 7.75. The predicted molar refractivity (Wildman–Crippen MR) is 57.8 cm³/mol. The van der Waals surface area contributed by atoms with Crippen molar-refractivity contribution in [3.63, 3.8) is 0 Å². The minimum absolute atomic E-state index is 0.0486. The van der Waals surface area contributed by atoms with Gasteiger partial charge in [0.15, 0.2) is 0 Å². The van der Waals surface area contributed by atoms with Gasteiger partial charge in [0.1, 0.15) is 0 Å². The lowest BCUT2D eigenvalue weighted by Crippen LogP contribution is -2.41. The van der Waals surface area contributed by atoms with Gasteiger partial charge in [0.05, 0.1) is 11.7 Å². The third-order valence-corrected chi connectivity index (χ3v) is 3.67. The van der Waals surface area contributed by atoms with Gasteiger partial charge in [-0.1, -0.05) is 0 Å². The third kappa shape index (κ3) is 1.41. The lowest BCUT2D eigenvalue weighted by molar-refractivity contribution is 0.0516. The number of aliphatic hydroxyl groups excluding tert-OH is 1. The molecule has 1 aromatic heterocycles. The smallest absolute Gasteiger partial charge is 0.255 e. The van der Waals surface area contributed by atoms with Crippen LogP contribution in [0.5, 0.6) is 0 Å². The SMILES string of the molecule is O=C(c1cccnc1)N1C[C@@H]2C[C@H]1C[C@H]2O.